The van der Waals surface area contributed by atoms with Crippen LogP contribution in [-0.2, 0) is 19.1 Å². The molecular formula is C40H48N8O6. The molecule has 2 aliphatic heterocycles. The van der Waals surface area contributed by atoms with Crippen molar-refractivity contribution in [1.82, 2.24) is 40.4 Å². The first kappa shape index (κ1) is 36.7. The van der Waals surface area contributed by atoms with Crippen LogP contribution in [0.3, 0.4) is 0 Å². The number of nitrogens with zero attached hydrogens (tertiary/aromatic N) is 4. The van der Waals surface area contributed by atoms with Gasteiger partial charge < -0.3 is 39.9 Å². The number of aromatic nitrogens is 4. The number of rotatable bonds is 10. The monoisotopic (exact) mass is 736 g/mol. The molecular weight excluding hydrogens is 688 g/mol. The van der Waals surface area contributed by atoms with Gasteiger partial charge in [0.05, 0.1) is 43.2 Å². The molecule has 1 aliphatic carbocycles. The van der Waals surface area contributed by atoms with Crippen molar-refractivity contribution < 1.29 is 28.7 Å². The summed E-state index contributed by atoms with van der Waals surface area (Å²) in [7, 11) is 2.58. The Morgan fingerprint density at radius 1 is 0.815 bits per heavy atom. The molecule has 0 radical (unpaired) electrons. The van der Waals surface area contributed by atoms with Crippen molar-refractivity contribution in [3.63, 3.8) is 0 Å². The molecule has 4 amide bonds. The molecule has 14 nitrogen and oxygen atoms in total. The fourth-order valence-corrected chi connectivity index (χ4v) is 8.20. The molecule has 2 aromatic heterocycles. The van der Waals surface area contributed by atoms with Gasteiger partial charge in [-0.25, -0.2) is 19.6 Å². The number of carbonyl (C=O) groups is 4. The number of ether oxygens (including phenoxy) is 2. The summed E-state index contributed by atoms with van der Waals surface area (Å²) in [5, 5.41) is 5.42. The van der Waals surface area contributed by atoms with Gasteiger partial charge in [-0.3, -0.25) is 9.59 Å². The third-order valence-corrected chi connectivity index (χ3v) is 11.0. The molecule has 2 bridgehead atoms. The Labute approximate surface area is 314 Å². The quantitative estimate of drug-likeness (QED) is 0.146. The standard InChI is InChI=1S/C40H48N8O6/c1-21(2)32(45-39(51)53-5)37(49)47-17-7-8-31(47)35-41-20-30(44-35)24-11-9-23(10-12-24)25-14-16-28-29(19-25)43-36(42-28)34-26-13-15-27(18-26)48(34)38(50)33(22(3)4)46-40(52)54-6/h7-12,14,16,19-22,26-27,31-34H,13,15,17-18H2,1-6H3,(H,41,44)(H,42,43)(H,45,51)(H,46,52)/t26?,27?,31-,32-,33-,34-/m0/s1. The first-order valence-electron chi connectivity index (χ1n) is 18.6. The number of nitrogens with one attached hydrogen (secondary N) is 4. The van der Waals surface area contributed by atoms with Crippen molar-refractivity contribution in [3.8, 4) is 22.4 Å². The van der Waals surface area contributed by atoms with Crippen LogP contribution in [0.15, 0.2) is 60.8 Å². The van der Waals surface area contributed by atoms with Gasteiger partial charge in [0.1, 0.15) is 29.8 Å². The maximum atomic E-state index is 14.0. The number of H-pyrrole nitrogens is 2. The largest absolute Gasteiger partial charge is 0.453 e. The number of aromatic amines is 2. The topological polar surface area (TPSA) is 175 Å². The lowest BCUT2D eigenvalue weighted by molar-refractivity contribution is -0.139. The van der Waals surface area contributed by atoms with Crippen molar-refractivity contribution in [2.45, 2.75) is 77.2 Å². The van der Waals surface area contributed by atoms with Gasteiger partial charge in [0, 0.05) is 12.6 Å². The van der Waals surface area contributed by atoms with E-state index in [1.165, 1.54) is 14.2 Å². The maximum Gasteiger partial charge on any atom is 0.407 e. The van der Waals surface area contributed by atoms with E-state index in [0.29, 0.717) is 18.3 Å². The van der Waals surface area contributed by atoms with Crippen molar-refractivity contribution >= 4 is 35.0 Å². The fourth-order valence-electron chi connectivity index (χ4n) is 8.20. The molecule has 0 spiro atoms. The van der Waals surface area contributed by atoms with E-state index < -0.39 is 30.3 Å². The summed E-state index contributed by atoms with van der Waals surface area (Å²) in [4.78, 5) is 71.8. The molecule has 54 heavy (non-hydrogen) atoms. The normalized spacial score (nSPS) is 21.6. The number of carbonyl (C=O) groups excluding carboxylic acids is 4. The molecule has 2 aromatic carbocycles. The minimum Gasteiger partial charge on any atom is -0.453 e. The van der Waals surface area contributed by atoms with Gasteiger partial charge in [-0.2, -0.15) is 0 Å². The fraction of sp³-hybridized carbons (Fsp3) is 0.450. The van der Waals surface area contributed by atoms with E-state index in [4.69, 9.17) is 14.5 Å². The minimum atomic E-state index is -0.731. The lowest BCUT2D eigenvalue weighted by Crippen LogP contribution is -2.54. The zero-order valence-electron chi connectivity index (χ0n) is 31.5. The van der Waals surface area contributed by atoms with Gasteiger partial charge in [0.2, 0.25) is 11.8 Å². The van der Waals surface area contributed by atoms with Gasteiger partial charge >= 0.3 is 12.2 Å². The second kappa shape index (κ2) is 15.0. The van der Waals surface area contributed by atoms with E-state index in [9.17, 15) is 19.2 Å². The van der Waals surface area contributed by atoms with Crippen LogP contribution in [0.25, 0.3) is 33.4 Å². The van der Waals surface area contributed by atoms with Gasteiger partial charge in [0.15, 0.2) is 0 Å². The van der Waals surface area contributed by atoms with E-state index in [-0.39, 0.29) is 35.7 Å². The van der Waals surface area contributed by atoms with E-state index in [0.717, 1.165) is 58.5 Å². The van der Waals surface area contributed by atoms with Gasteiger partial charge in [-0.15, -0.1) is 0 Å². The van der Waals surface area contributed by atoms with Crippen LogP contribution in [-0.4, -0.2) is 92.6 Å². The predicted octanol–water partition coefficient (Wildman–Crippen LogP) is 5.87. The van der Waals surface area contributed by atoms with Crippen molar-refractivity contribution in [2.24, 2.45) is 17.8 Å². The molecule has 2 unspecified atom stereocenters. The maximum absolute atomic E-state index is 14.0. The molecule has 4 heterocycles. The zero-order valence-corrected chi connectivity index (χ0v) is 31.5. The Bertz CT molecular complexity index is 2070. The van der Waals surface area contributed by atoms with Gasteiger partial charge in [0.25, 0.3) is 0 Å². The Hall–Kier alpha value is -5.66. The lowest BCUT2D eigenvalue weighted by Gasteiger charge is -2.37. The third-order valence-electron chi connectivity index (χ3n) is 11.0. The van der Waals surface area contributed by atoms with E-state index in [1.54, 1.807) is 11.1 Å². The Morgan fingerprint density at radius 2 is 1.46 bits per heavy atom. The molecule has 1 saturated carbocycles. The number of likely N-dealkylation sites (tertiary alicyclic amines) is 1. The van der Waals surface area contributed by atoms with E-state index in [2.05, 4.69) is 49.9 Å². The number of alkyl carbamates (subject to hydrolysis) is 2. The Morgan fingerprint density at radius 3 is 2.13 bits per heavy atom. The molecule has 3 aliphatic rings. The summed E-state index contributed by atoms with van der Waals surface area (Å²) in [5.41, 5.74) is 5.49. The number of methoxy groups -OCH3 is 2. The summed E-state index contributed by atoms with van der Waals surface area (Å²) >= 11 is 0. The summed E-state index contributed by atoms with van der Waals surface area (Å²) in [6.07, 6.45) is 7.27. The number of piperidine rings is 1. The number of imidazole rings is 2. The lowest BCUT2D eigenvalue weighted by atomic mass is 9.95. The first-order valence-corrected chi connectivity index (χ1v) is 18.6. The molecule has 7 rings (SSSR count). The molecule has 2 fully saturated rings. The van der Waals surface area contributed by atoms with Crippen LogP contribution < -0.4 is 10.6 Å². The van der Waals surface area contributed by atoms with Crippen LogP contribution in [0.5, 0.6) is 0 Å². The van der Waals surface area contributed by atoms with Crippen LogP contribution in [0.2, 0.25) is 0 Å². The molecule has 4 N–H and O–H groups in total. The van der Waals surface area contributed by atoms with Crippen molar-refractivity contribution in [1.29, 1.82) is 0 Å². The minimum absolute atomic E-state index is 0.101. The van der Waals surface area contributed by atoms with Gasteiger partial charge in [-0.05, 0) is 65.8 Å². The SMILES string of the molecule is COC(=O)N[C@H](C(=O)N1CC=C[C@H]1c1ncc(-c2ccc(-c3ccc4[nH]c([C@@H]5C6CCC(C6)N5C(=O)[C@@H](NC(=O)OC)C(C)C)nc4c3)cc2)[nH]1)C(C)C. The molecule has 14 heteroatoms. The third kappa shape index (κ3) is 6.92. The zero-order chi connectivity index (χ0) is 38.3. The summed E-state index contributed by atoms with van der Waals surface area (Å²) in [6.45, 7) is 8.01. The smallest absolute Gasteiger partial charge is 0.407 e. The summed E-state index contributed by atoms with van der Waals surface area (Å²) in [5.74, 6) is 1.15. The van der Waals surface area contributed by atoms with E-state index in [1.807, 2.05) is 62.9 Å². The van der Waals surface area contributed by atoms with Crippen LogP contribution >= 0.6 is 0 Å². The van der Waals surface area contributed by atoms with Gasteiger partial charge in [-0.1, -0.05) is 70.2 Å². The molecule has 1 saturated heterocycles. The highest BCUT2D eigenvalue weighted by atomic mass is 16.5. The Balaban J connectivity index is 1.07. The molecule has 6 atom stereocenters. The highest BCUT2D eigenvalue weighted by Crippen LogP contribution is 2.50. The van der Waals surface area contributed by atoms with Crippen LogP contribution in [0, 0.1) is 17.8 Å². The van der Waals surface area contributed by atoms with Crippen molar-refractivity contribution in [2.75, 3.05) is 20.8 Å². The number of amides is 4. The number of fused-ring (bicyclic) bond motifs is 3. The highest BCUT2D eigenvalue weighted by molar-refractivity contribution is 5.88. The first-order chi connectivity index (χ1) is 26.0. The highest BCUT2D eigenvalue weighted by Gasteiger charge is 2.51. The average Bonchev–Trinajstić information content (AvgIpc) is 4.02. The second-order valence-electron chi connectivity index (χ2n) is 15.1. The predicted molar refractivity (Wildman–Crippen MR) is 202 cm³/mol. The Kier molecular flexibility index (Phi) is 10.2. The molecule has 284 valence electrons. The average molecular weight is 737 g/mol. The van der Waals surface area contributed by atoms with Crippen LogP contribution in [0.1, 0.15) is 70.7 Å². The van der Waals surface area contributed by atoms with E-state index >= 15 is 0 Å². The van der Waals surface area contributed by atoms with Crippen LogP contribution in [0.4, 0.5) is 9.59 Å². The summed E-state index contributed by atoms with van der Waals surface area (Å²) < 4.78 is 9.56. The number of hydrogen-bond donors (Lipinski definition) is 4. The molecule has 4 aromatic rings. The summed E-state index contributed by atoms with van der Waals surface area (Å²) in [6, 6.07) is 12.4. The second-order valence-corrected chi connectivity index (χ2v) is 15.1. The van der Waals surface area contributed by atoms with Crippen molar-refractivity contribution in [3.05, 3.63) is 72.5 Å². The number of benzene rings is 2. The number of hydrogen-bond acceptors (Lipinski definition) is 8.